The predicted octanol–water partition coefficient (Wildman–Crippen LogP) is 2.71. The van der Waals surface area contributed by atoms with E-state index in [0.717, 1.165) is 37.8 Å². The van der Waals surface area contributed by atoms with Gasteiger partial charge >= 0.3 is 0 Å². The molecule has 1 saturated heterocycles. The molecule has 2 aliphatic rings. The van der Waals surface area contributed by atoms with E-state index in [1.165, 1.54) is 32.1 Å². The van der Waals surface area contributed by atoms with Crippen molar-refractivity contribution in [3.05, 3.63) is 0 Å². The van der Waals surface area contributed by atoms with Gasteiger partial charge in [0.15, 0.2) is 0 Å². The van der Waals surface area contributed by atoms with E-state index < -0.39 is 0 Å². The van der Waals surface area contributed by atoms with Gasteiger partial charge in [0.2, 0.25) is 5.91 Å². The summed E-state index contributed by atoms with van der Waals surface area (Å²) in [5.74, 6) is 2.28. The summed E-state index contributed by atoms with van der Waals surface area (Å²) in [4.78, 5) is 12.2. The fourth-order valence-corrected chi connectivity index (χ4v) is 3.61. The highest BCUT2D eigenvalue weighted by atomic mass is 16.1. The van der Waals surface area contributed by atoms with E-state index in [0.29, 0.717) is 11.9 Å². The maximum atomic E-state index is 12.2. The SMILES string of the molecule is CC(C)CC1CCC(NC(=O)C2CCNCC2)CC1. The molecule has 0 bridgehead atoms. The molecule has 2 rings (SSSR count). The standard InChI is InChI=1S/C16H30N2O/c1-12(2)11-13-3-5-15(6-4-13)18-16(19)14-7-9-17-10-8-14/h12-15,17H,3-11H2,1-2H3,(H,18,19). The van der Waals surface area contributed by atoms with Gasteiger partial charge in [0.25, 0.3) is 0 Å². The van der Waals surface area contributed by atoms with Crippen molar-refractivity contribution >= 4 is 5.91 Å². The summed E-state index contributed by atoms with van der Waals surface area (Å²) in [6.07, 6.45) is 8.35. The van der Waals surface area contributed by atoms with Crippen molar-refractivity contribution in [3.8, 4) is 0 Å². The number of amides is 1. The number of rotatable bonds is 4. The molecule has 1 aliphatic carbocycles. The van der Waals surface area contributed by atoms with Crippen LogP contribution >= 0.6 is 0 Å². The number of piperidine rings is 1. The van der Waals surface area contributed by atoms with Crippen molar-refractivity contribution in [1.82, 2.24) is 10.6 Å². The van der Waals surface area contributed by atoms with Gasteiger partial charge in [-0.25, -0.2) is 0 Å². The van der Waals surface area contributed by atoms with Gasteiger partial charge in [-0.2, -0.15) is 0 Å². The molecule has 3 nitrogen and oxygen atoms in total. The third-order valence-electron chi connectivity index (χ3n) is 4.71. The number of carbonyl (C=O) groups is 1. The fraction of sp³-hybridized carbons (Fsp3) is 0.938. The molecule has 1 saturated carbocycles. The second-order valence-corrected chi connectivity index (χ2v) is 6.88. The van der Waals surface area contributed by atoms with E-state index >= 15 is 0 Å². The van der Waals surface area contributed by atoms with Gasteiger partial charge in [0.05, 0.1) is 0 Å². The Morgan fingerprint density at radius 2 is 1.74 bits per heavy atom. The number of carbonyl (C=O) groups excluding carboxylic acids is 1. The van der Waals surface area contributed by atoms with Crippen LogP contribution in [-0.4, -0.2) is 25.0 Å². The second kappa shape index (κ2) is 7.28. The highest BCUT2D eigenvalue weighted by molar-refractivity contribution is 5.79. The van der Waals surface area contributed by atoms with Crippen LogP contribution in [0, 0.1) is 17.8 Å². The Bertz CT molecular complexity index is 276. The average molecular weight is 266 g/mol. The Hall–Kier alpha value is -0.570. The van der Waals surface area contributed by atoms with Crippen molar-refractivity contribution in [2.24, 2.45) is 17.8 Å². The first-order valence-electron chi connectivity index (χ1n) is 8.16. The molecule has 110 valence electrons. The minimum atomic E-state index is 0.259. The Labute approximate surface area is 117 Å². The van der Waals surface area contributed by atoms with E-state index in [4.69, 9.17) is 0 Å². The fourth-order valence-electron chi connectivity index (χ4n) is 3.61. The first kappa shape index (κ1) is 14.8. The number of nitrogens with one attached hydrogen (secondary N) is 2. The van der Waals surface area contributed by atoms with Crippen molar-refractivity contribution in [2.45, 2.75) is 64.8 Å². The topological polar surface area (TPSA) is 41.1 Å². The first-order valence-corrected chi connectivity index (χ1v) is 8.16. The van der Waals surface area contributed by atoms with Crippen LogP contribution in [-0.2, 0) is 4.79 Å². The monoisotopic (exact) mass is 266 g/mol. The maximum Gasteiger partial charge on any atom is 0.223 e. The van der Waals surface area contributed by atoms with Gasteiger partial charge in [0, 0.05) is 12.0 Å². The van der Waals surface area contributed by atoms with Gasteiger partial charge in [-0.15, -0.1) is 0 Å². The molecule has 0 unspecified atom stereocenters. The molecule has 0 aromatic carbocycles. The molecule has 0 atom stereocenters. The van der Waals surface area contributed by atoms with Gasteiger partial charge in [-0.3, -0.25) is 4.79 Å². The summed E-state index contributed by atoms with van der Waals surface area (Å²) < 4.78 is 0. The Kier molecular flexibility index (Phi) is 5.68. The summed E-state index contributed by atoms with van der Waals surface area (Å²) in [5, 5.41) is 6.61. The lowest BCUT2D eigenvalue weighted by atomic mass is 9.81. The Morgan fingerprint density at radius 3 is 2.32 bits per heavy atom. The summed E-state index contributed by atoms with van der Waals surface area (Å²) in [6, 6.07) is 0.450. The normalized spacial score (nSPS) is 29.4. The third kappa shape index (κ3) is 4.79. The molecular formula is C16H30N2O. The first-order chi connectivity index (χ1) is 9.15. The van der Waals surface area contributed by atoms with Gasteiger partial charge in [0.1, 0.15) is 0 Å². The molecule has 0 aromatic rings. The Morgan fingerprint density at radius 1 is 1.11 bits per heavy atom. The molecule has 1 amide bonds. The molecule has 0 spiro atoms. The zero-order valence-electron chi connectivity index (χ0n) is 12.6. The van der Waals surface area contributed by atoms with Crippen molar-refractivity contribution in [2.75, 3.05) is 13.1 Å². The molecule has 2 fully saturated rings. The molecule has 0 aromatic heterocycles. The van der Waals surface area contributed by atoms with Crippen LogP contribution in [0.1, 0.15) is 58.8 Å². The molecule has 1 aliphatic heterocycles. The maximum absolute atomic E-state index is 12.2. The zero-order valence-corrected chi connectivity index (χ0v) is 12.6. The molecule has 0 radical (unpaired) electrons. The molecule has 3 heteroatoms. The van der Waals surface area contributed by atoms with Crippen LogP contribution in [0.5, 0.6) is 0 Å². The van der Waals surface area contributed by atoms with Crippen molar-refractivity contribution < 1.29 is 4.79 Å². The van der Waals surface area contributed by atoms with Gasteiger partial charge in [-0.1, -0.05) is 13.8 Å². The second-order valence-electron chi connectivity index (χ2n) is 6.88. The molecule has 1 heterocycles. The Balaban J connectivity index is 1.68. The van der Waals surface area contributed by atoms with Crippen molar-refractivity contribution in [3.63, 3.8) is 0 Å². The van der Waals surface area contributed by atoms with E-state index in [2.05, 4.69) is 24.5 Å². The van der Waals surface area contributed by atoms with E-state index in [1.807, 2.05) is 0 Å². The van der Waals surface area contributed by atoms with Crippen LogP contribution in [0.15, 0.2) is 0 Å². The quantitative estimate of drug-likeness (QED) is 0.821. The number of hydrogen-bond acceptors (Lipinski definition) is 2. The lowest BCUT2D eigenvalue weighted by molar-refractivity contribution is -0.126. The molecule has 2 N–H and O–H groups in total. The summed E-state index contributed by atoms with van der Waals surface area (Å²) in [6.45, 7) is 6.62. The lowest BCUT2D eigenvalue weighted by Crippen LogP contribution is -2.44. The van der Waals surface area contributed by atoms with Crippen LogP contribution in [0.3, 0.4) is 0 Å². The van der Waals surface area contributed by atoms with E-state index in [-0.39, 0.29) is 5.92 Å². The van der Waals surface area contributed by atoms with E-state index in [9.17, 15) is 4.79 Å². The zero-order chi connectivity index (χ0) is 13.7. The summed E-state index contributed by atoms with van der Waals surface area (Å²) in [7, 11) is 0. The average Bonchev–Trinajstić information content (AvgIpc) is 2.41. The lowest BCUT2D eigenvalue weighted by Gasteiger charge is -2.31. The molecule has 19 heavy (non-hydrogen) atoms. The van der Waals surface area contributed by atoms with Crippen LogP contribution in [0.4, 0.5) is 0 Å². The minimum Gasteiger partial charge on any atom is -0.353 e. The molecular weight excluding hydrogens is 236 g/mol. The van der Waals surface area contributed by atoms with E-state index in [1.54, 1.807) is 0 Å². The summed E-state index contributed by atoms with van der Waals surface area (Å²) >= 11 is 0. The largest absolute Gasteiger partial charge is 0.353 e. The van der Waals surface area contributed by atoms with Crippen LogP contribution in [0.2, 0.25) is 0 Å². The van der Waals surface area contributed by atoms with Gasteiger partial charge in [-0.05, 0) is 69.9 Å². The number of hydrogen-bond donors (Lipinski definition) is 2. The van der Waals surface area contributed by atoms with Crippen molar-refractivity contribution in [1.29, 1.82) is 0 Å². The smallest absolute Gasteiger partial charge is 0.223 e. The minimum absolute atomic E-state index is 0.259. The highest BCUT2D eigenvalue weighted by Gasteiger charge is 2.26. The van der Waals surface area contributed by atoms with Crippen LogP contribution < -0.4 is 10.6 Å². The van der Waals surface area contributed by atoms with Gasteiger partial charge < -0.3 is 10.6 Å². The van der Waals surface area contributed by atoms with Crippen LogP contribution in [0.25, 0.3) is 0 Å². The predicted molar refractivity (Wildman–Crippen MR) is 78.9 cm³/mol. The highest BCUT2D eigenvalue weighted by Crippen LogP contribution is 2.29. The summed E-state index contributed by atoms with van der Waals surface area (Å²) in [5.41, 5.74) is 0. The third-order valence-corrected chi connectivity index (χ3v) is 4.71.